The molecule has 0 unspecified atom stereocenters. The molecule has 0 saturated carbocycles. The van der Waals surface area contributed by atoms with Crippen LogP contribution in [0.1, 0.15) is 28.8 Å². The summed E-state index contributed by atoms with van der Waals surface area (Å²) < 4.78 is 36.5. The number of halogens is 4. The van der Waals surface area contributed by atoms with Crippen molar-refractivity contribution in [3.63, 3.8) is 0 Å². The van der Waals surface area contributed by atoms with E-state index in [1.54, 1.807) is 18.2 Å². The predicted molar refractivity (Wildman–Crippen MR) is 66.5 cm³/mol. The molecule has 1 aromatic carbocycles. The maximum atomic E-state index is 11.9. The summed E-state index contributed by atoms with van der Waals surface area (Å²) in [6.45, 7) is 1.86. The highest BCUT2D eigenvalue weighted by Crippen LogP contribution is 2.21. The number of hydrogen-bond donors (Lipinski definition) is 1. The first-order valence-electron chi connectivity index (χ1n) is 5.41. The van der Waals surface area contributed by atoms with Crippen LogP contribution < -0.4 is 5.32 Å². The van der Waals surface area contributed by atoms with E-state index in [2.05, 4.69) is 21.2 Å². The van der Waals surface area contributed by atoms with Gasteiger partial charge in [-0.3, -0.25) is 4.79 Å². The second kappa shape index (κ2) is 6.22. The molecule has 0 bridgehead atoms. The van der Waals surface area contributed by atoms with Crippen LogP contribution in [-0.4, -0.2) is 18.6 Å². The van der Waals surface area contributed by atoms with Gasteiger partial charge in [0.25, 0.3) is 5.91 Å². The Kier molecular flexibility index (Phi) is 5.19. The number of rotatable bonds is 4. The average Bonchev–Trinajstić information content (AvgIpc) is 2.26. The molecule has 0 aliphatic heterocycles. The van der Waals surface area contributed by atoms with Gasteiger partial charge in [-0.2, -0.15) is 13.2 Å². The molecule has 0 aliphatic rings. The zero-order valence-electron chi connectivity index (χ0n) is 9.77. The van der Waals surface area contributed by atoms with E-state index in [9.17, 15) is 18.0 Å². The number of aryl methyl sites for hydroxylation is 1. The van der Waals surface area contributed by atoms with Gasteiger partial charge in [0.15, 0.2) is 0 Å². The maximum Gasteiger partial charge on any atom is 0.389 e. The van der Waals surface area contributed by atoms with Gasteiger partial charge < -0.3 is 5.32 Å². The Morgan fingerprint density at radius 3 is 2.61 bits per heavy atom. The molecule has 0 heterocycles. The SMILES string of the molecule is Cc1cc(C(=O)NCCCC(F)(F)F)ccc1Br. The zero-order chi connectivity index (χ0) is 13.8. The van der Waals surface area contributed by atoms with Gasteiger partial charge in [-0.15, -0.1) is 0 Å². The first-order valence-corrected chi connectivity index (χ1v) is 6.20. The van der Waals surface area contributed by atoms with E-state index in [1.165, 1.54) is 0 Å². The smallest absolute Gasteiger partial charge is 0.352 e. The van der Waals surface area contributed by atoms with Crippen LogP contribution in [0.4, 0.5) is 13.2 Å². The van der Waals surface area contributed by atoms with Gasteiger partial charge in [-0.25, -0.2) is 0 Å². The van der Waals surface area contributed by atoms with Gasteiger partial charge in [0.1, 0.15) is 0 Å². The van der Waals surface area contributed by atoms with Gasteiger partial charge in [0.2, 0.25) is 0 Å². The molecule has 1 rings (SSSR count). The number of carbonyl (C=O) groups excluding carboxylic acids is 1. The van der Waals surface area contributed by atoms with Crippen molar-refractivity contribution < 1.29 is 18.0 Å². The standard InChI is InChI=1S/C12H13BrF3NO/c1-8-7-9(3-4-10(8)13)11(18)17-6-2-5-12(14,15)16/h3-4,7H,2,5-6H2,1H3,(H,17,18). The highest BCUT2D eigenvalue weighted by atomic mass is 79.9. The molecule has 0 atom stereocenters. The molecule has 1 aromatic rings. The molecule has 0 radical (unpaired) electrons. The number of nitrogens with one attached hydrogen (secondary N) is 1. The molecule has 1 amide bonds. The topological polar surface area (TPSA) is 29.1 Å². The molecule has 6 heteroatoms. The number of hydrogen-bond acceptors (Lipinski definition) is 1. The Hall–Kier alpha value is -1.04. The van der Waals surface area contributed by atoms with Crippen LogP contribution in [0.5, 0.6) is 0 Å². The van der Waals surface area contributed by atoms with Crippen LogP contribution in [0.2, 0.25) is 0 Å². The molecular weight excluding hydrogens is 311 g/mol. The highest BCUT2D eigenvalue weighted by molar-refractivity contribution is 9.10. The second-order valence-corrected chi connectivity index (χ2v) is 4.79. The molecule has 100 valence electrons. The zero-order valence-corrected chi connectivity index (χ0v) is 11.4. The molecular formula is C12H13BrF3NO. The van der Waals surface area contributed by atoms with E-state index in [0.29, 0.717) is 5.56 Å². The van der Waals surface area contributed by atoms with Gasteiger partial charge in [0.05, 0.1) is 0 Å². The first-order chi connectivity index (χ1) is 8.29. The highest BCUT2D eigenvalue weighted by Gasteiger charge is 2.25. The van der Waals surface area contributed by atoms with Gasteiger partial charge in [-0.1, -0.05) is 15.9 Å². The average molecular weight is 324 g/mol. The minimum Gasteiger partial charge on any atom is -0.352 e. The molecule has 1 N–H and O–H groups in total. The van der Waals surface area contributed by atoms with Crippen molar-refractivity contribution in [1.29, 1.82) is 0 Å². The van der Waals surface area contributed by atoms with Crippen molar-refractivity contribution in [3.8, 4) is 0 Å². The van der Waals surface area contributed by atoms with Crippen LogP contribution in [0.3, 0.4) is 0 Å². The van der Waals surface area contributed by atoms with Crippen molar-refractivity contribution in [1.82, 2.24) is 5.32 Å². The second-order valence-electron chi connectivity index (χ2n) is 3.94. The lowest BCUT2D eigenvalue weighted by Crippen LogP contribution is -2.25. The first kappa shape index (κ1) is 15.0. The van der Waals surface area contributed by atoms with Gasteiger partial charge >= 0.3 is 6.18 Å². The van der Waals surface area contributed by atoms with E-state index >= 15 is 0 Å². The minimum absolute atomic E-state index is 0.0213. The molecule has 0 aliphatic carbocycles. The normalized spacial score (nSPS) is 11.4. The Balaban J connectivity index is 2.43. The van der Waals surface area contributed by atoms with Crippen LogP contribution in [0.25, 0.3) is 0 Å². The molecule has 18 heavy (non-hydrogen) atoms. The fraction of sp³-hybridized carbons (Fsp3) is 0.417. The summed E-state index contributed by atoms with van der Waals surface area (Å²) in [5, 5.41) is 2.46. The Bertz CT molecular complexity index is 432. The lowest BCUT2D eigenvalue weighted by molar-refractivity contribution is -0.135. The number of benzene rings is 1. The third-order valence-electron chi connectivity index (χ3n) is 2.34. The Labute approximate surface area is 112 Å². The third kappa shape index (κ3) is 5.08. The molecule has 0 saturated heterocycles. The monoisotopic (exact) mass is 323 g/mol. The Morgan fingerprint density at radius 2 is 2.06 bits per heavy atom. The van der Waals surface area contributed by atoms with Gasteiger partial charge in [-0.05, 0) is 37.1 Å². The molecule has 0 spiro atoms. The van der Waals surface area contributed by atoms with Crippen LogP contribution in [-0.2, 0) is 0 Å². The lowest BCUT2D eigenvalue weighted by Gasteiger charge is -2.08. The van der Waals surface area contributed by atoms with Crippen LogP contribution in [0, 0.1) is 6.92 Å². The summed E-state index contributed by atoms with van der Waals surface area (Å²) in [7, 11) is 0. The summed E-state index contributed by atoms with van der Waals surface area (Å²) in [5.74, 6) is -0.354. The summed E-state index contributed by atoms with van der Waals surface area (Å²) >= 11 is 3.31. The van der Waals surface area contributed by atoms with E-state index < -0.39 is 12.6 Å². The minimum atomic E-state index is -4.17. The predicted octanol–water partition coefficient (Wildman–Crippen LogP) is 3.83. The van der Waals surface area contributed by atoms with Crippen LogP contribution in [0.15, 0.2) is 22.7 Å². The molecule has 0 aromatic heterocycles. The maximum absolute atomic E-state index is 11.9. The fourth-order valence-electron chi connectivity index (χ4n) is 1.38. The van der Waals surface area contributed by atoms with E-state index in [1.807, 2.05) is 6.92 Å². The van der Waals surface area contributed by atoms with Crippen molar-refractivity contribution in [2.45, 2.75) is 25.9 Å². The number of amides is 1. The Morgan fingerprint density at radius 1 is 1.39 bits per heavy atom. The van der Waals surface area contributed by atoms with E-state index in [0.717, 1.165) is 10.0 Å². The quantitative estimate of drug-likeness (QED) is 0.838. The largest absolute Gasteiger partial charge is 0.389 e. The van der Waals surface area contributed by atoms with Crippen molar-refractivity contribution in [3.05, 3.63) is 33.8 Å². The number of carbonyl (C=O) groups is 1. The van der Waals surface area contributed by atoms with Crippen molar-refractivity contribution >= 4 is 21.8 Å². The summed E-state index contributed by atoms with van der Waals surface area (Å²) in [4.78, 5) is 11.6. The number of alkyl halides is 3. The lowest BCUT2D eigenvalue weighted by atomic mass is 10.1. The summed E-state index contributed by atoms with van der Waals surface area (Å²) in [6, 6.07) is 5.04. The molecule has 0 fully saturated rings. The van der Waals surface area contributed by atoms with E-state index in [-0.39, 0.29) is 18.9 Å². The van der Waals surface area contributed by atoms with Gasteiger partial charge in [0, 0.05) is 23.0 Å². The van der Waals surface area contributed by atoms with Crippen molar-refractivity contribution in [2.24, 2.45) is 0 Å². The molecule has 2 nitrogen and oxygen atoms in total. The van der Waals surface area contributed by atoms with E-state index in [4.69, 9.17) is 0 Å². The third-order valence-corrected chi connectivity index (χ3v) is 3.23. The fourth-order valence-corrected chi connectivity index (χ4v) is 1.63. The summed E-state index contributed by atoms with van der Waals surface area (Å²) in [5.41, 5.74) is 1.35. The van der Waals surface area contributed by atoms with Crippen molar-refractivity contribution in [2.75, 3.05) is 6.54 Å². The van der Waals surface area contributed by atoms with Crippen LogP contribution >= 0.6 is 15.9 Å². The summed E-state index contributed by atoms with van der Waals surface area (Å²) in [6.07, 6.45) is -5.16.